The Hall–Kier alpha value is -4.50. The highest BCUT2D eigenvalue weighted by Crippen LogP contribution is 2.39. The summed E-state index contributed by atoms with van der Waals surface area (Å²) < 4.78 is 74.4. The Morgan fingerprint density at radius 1 is 0.978 bits per heavy atom. The Kier molecular flexibility index (Phi) is 10.7. The van der Waals surface area contributed by atoms with Gasteiger partial charge in [0.1, 0.15) is 23.6 Å². The number of nitrogens with zero attached hydrogens (tertiary/aromatic N) is 4. The first kappa shape index (κ1) is 34.4. The van der Waals surface area contributed by atoms with Gasteiger partial charge in [0, 0.05) is 45.2 Å². The number of amides is 2. The van der Waals surface area contributed by atoms with Crippen LogP contribution in [0.5, 0.6) is 17.2 Å². The molecule has 3 aromatic heterocycles. The van der Waals surface area contributed by atoms with Crippen molar-refractivity contribution in [3.63, 3.8) is 0 Å². The lowest BCUT2D eigenvalue weighted by atomic mass is 10.2. The van der Waals surface area contributed by atoms with Crippen molar-refractivity contribution >= 4 is 33.7 Å². The predicted molar refractivity (Wildman–Crippen MR) is 163 cm³/mol. The first-order valence-corrected chi connectivity index (χ1v) is 14.7. The van der Waals surface area contributed by atoms with Crippen LogP contribution in [-0.4, -0.2) is 77.6 Å². The summed E-state index contributed by atoms with van der Waals surface area (Å²) >= 11 is 1.32. The van der Waals surface area contributed by atoms with Crippen LogP contribution in [0.3, 0.4) is 0 Å². The fraction of sp³-hybridized carbons (Fsp3) is 0.355. The first-order valence-electron chi connectivity index (χ1n) is 13.9. The van der Waals surface area contributed by atoms with E-state index in [9.17, 15) is 27.2 Å². The molecule has 4 rings (SSSR count). The maximum absolute atomic E-state index is 14.9. The summed E-state index contributed by atoms with van der Waals surface area (Å²) in [6.07, 6.45) is -3.19. The fourth-order valence-corrected chi connectivity index (χ4v) is 5.07. The van der Waals surface area contributed by atoms with E-state index in [4.69, 9.17) is 18.9 Å². The number of pyridine rings is 2. The summed E-state index contributed by atoms with van der Waals surface area (Å²) in [7, 11) is 2.47. The van der Waals surface area contributed by atoms with E-state index in [0.29, 0.717) is 39.7 Å². The van der Waals surface area contributed by atoms with Crippen LogP contribution in [0.15, 0.2) is 54.9 Å². The number of fused-ring (bicyclic) bond motifs is 1. The second kappa shape index (κ2) is 14.3. The van der Waals surface area contributed by atoms with Crippen LogP contribution in [0, 0.1) is 5.82 Å². The molecular formula is C31H32F4N4O6S. The van der Waals surface area contributed by atoms with Crippen molar-refractivity contribution in [2.24, 2.45) is 0 Å². The molecule has 0 fully saturated rings. The molecule has 0 N–H and O–H groups in total. The van der Waals surface area contributed by atoms with Gasteiger partial charge in [-0.15, -0.1) is 11.3 Å². The number of alkyl halides is 3. The third-order valence-corrected chi connectivity index (χ3v) is 7.26. The van der Waals surface area contributed by atoms with Gasteiger partial charge in [-0.25, -0.2) is 14.0 Å². The van der Waals surface area contributed by atoms with Crippen LogP contribution in [0.25, 0.3) is 20.8 Å². The molecule has 0 unspecified atom stereocenters. The topological polar surface area (TPSA) is 103 Å². The van der Waals surface area contributed by atoms with Crippen molar-refractivity contribution in [2.45, 2.75) is 39.1 Å². The molecule has 2 amide bonds. The molecule has 46 heavy (non-hydrogen) atoms. The molecule has 0 aliphatic rings. The van der Waals surface area contributed by atoms with Gasteiger partial charge in [-0.3, -0.25) is 9.97 Å². The van der Waals surface area contributed by atoms with Crippen LogP contribution >= 0.6 is 11.3 Å². The highest BCUT2D eigenvalue weighted by Gasteiger charge is 2.32. The number of halogens is 4. The molecule has 0 radical (unpaired) electrons. The summed E-state index contributed by atoms with van der Waals surface area (Å²) in [4.78, 5) is 36.2. The number of rotatable bonds is 10. The number of benzene rings is 1. The second-order valence-electron chi connectivity index (χ2n) is 11.1. The summed E-state index contributed by atoms with van der Waals surface area (Å²) in [6.45, 7) is 4.82. The van der Waals surface area contributed by atoms with Crippen LogP contribution in [0.2, 0.25) is 0 Å². The average molecular weight is 665 g/mol. The zero-order valence-electron chi connectivity index (χ0n) is 25.7. The zero-order valence-corrected chi connectivity index (χ0v) is 26.5. The number of hydrogen-bond acceptors (Lipinski definition) is 9. The lowest BCUT2D eigenvalue weighted by Gasteiger charge is -2.27. The van der Waals surface area contributed by atoms with Crippen LogP contribution in [-0.2, 0) is 16.0 Å². The Balaban J connectivity index is 1.47. The number of carbonyl (C=O) groups excluding carboxylic acids is 2. The maximum atomic E-state index is 14.9. The van der Waals surface area contributed by atoms with Gasteiger partial charge in [-0.1, -0.05) is 6.07 Å². The number of aromatic nitrogens is 2. The van der Waals surface area contributed by atoms with Crippen LogP contribution < -0.4 is 9.47 Å². The molecule has 15 heteroatoms. The Morgan fingerprint density at radius 2 is 1.74 bits per heavy atom. The lowest BCUT2D eigenvalue weighted by Crippen LogP contribution is -2.38. The van der Waals surface area contributed by atoms with Crippen molar-refractivity contribution < 1.29 is 46.1 Å². The quantitative estimate of drug-likeness (QED) is 0.159. The number of ether oxygens (including phenoxy) is 4. The molecule has 0 spiro atoms. The Labute approximate surface area is 266 Å². The molecule has 3 heterocycles. The summed E-state index contributed by atoms with van der Waals surface area (Å²) in [5, 5.41) is 0. The summed E-state index contributed by atoms with van der Waals surface area (Å²) in [5.41, 5.74) is 1.36. The summed E-state index contributed by atoms with van der Waals surface area (Å²) in [5.74, 6) is -1.08. The molecule has 10 nitrogen and oxygen atoms in total. The van der Waals surface area contributed by atoms with Crippen molar-refractivity contribution in [1.29, 1.82) is 0 Å². The third-order valence-electron chi connectivity index (χ3n) is 6.10. The van der Waals surface area contributed by atoms with Gasteiger partial charge >= 0.3 is 18.4 Å². The monoisotopic (exact) mass is 664 g/mol. The average Bonchev–Trinajstić information content (AvgIpc) is 3.40. The molecule has 0 saturated carbocycles. The highest BCUT2D eigenvalue weighted by molar-refractivity contribution is 7.22. The number of methoxy groups -OCH3 is 1. The van der Waals surface area contributed by atoms with Crippen molar-refractivity contribution in [3.05, 3.63) is 66.2 Å². The maximum Gasteiger partial charge on any atom is 0.415 e. The van der Waals surface area contributed by atoms with Gasteiger partial charge in [0.15, 0.2) is 11.6 Å². The van der Waals surface area contributed by atoms with Crippen LogP contribution in [0.4, 0.5) is 27.2 Å². The minimum absolute atomic E-state index is 0.198. The molecule has 0 aliphatic carbocycles. The number of hydrogen-bond donors (Lipinski definition) is 0. The molecular weight excluding hydrogens is 632 g/mol. The van der Waals surface area contributed by atoms with E-state index >= 15 is 0 Å². The number of carbonyl (C=O) groups is 2. The van der Waals surface area contributed by atoms with Gasteiger partial charge in [-0.05, 0) is 50.6 Å². The highest BCUT2D eigenvalue weighted by atomic mass is 32.1. The summed E-state index contributed by atoms with van der Waals surface area (Å²) in [6, 6.07) is 10.3. The van der Waals surface area contributed by atoms with Crippen molar-refractivity contribution in [3.8, 4) is 27.8 Å². The minimum atomic E-state index is -4.61. The van der Waals surface area contributed by atoms with Crippen molar-refractivity contribution in [1.82, 2.24) is 19.8 Å². The molecule has 0 bridgehead atoms. The third kappa shape index (κ3) is 9.50. The fourth-order valence-electron chi connectivity index (χ4n) is 4.03. The van der Waals surface area contributed by atoms with E-state index < -0.39 is 36.3 Å². The second-order valence-corrected chi connectivity index (χ2v) is 12.2. The molecule has 246 valence electrons. The molecule has 4 aromatic rings. The van der Waals surface area contributed by atoms with Crippen LogP contribution in [0.1, 0.15) is 26.3 Å². The minimum Gasteiger partial charge on any atom is -0.453 e. The standard InChI is InChI=1S/C31H32F4N4O6S/c1-30(2,3)45-29(41)39(12-13-42-5)17-19-6-8-22(37-16-19)26-15-23-27(46-26)25(10-11-36-23)44-24-9-7-20(14-21(24)32)43-28(40)38(4)18-31(33,34)35/h6-11,14-16H,12-13,17-18H2,1-5H3. The molecule has 1 aromatic carbocycles. The van der Waals surface area contributed by atoms with Gasteiger partial charge in [0.25, 0.3) is 0 Å². The van der Waals surface area contributed by atoms with E-state index in [2.05, 4.69) is 9.97 Å². The smallest absolute Gasteiger partial charge is 0.415 e. The van der Waals surface area contributed by atoms with E-state index in [-0.39, 0.29) is 18.0 Å². The molecule has 0 saturated heterocycles. The van der Waals surface area contributed by atoms with E-state index in [1.165, 1.54) is 29.7 Å². The SMILES string of the molecule is COCCN(Cc1ccc(-c2cc3nccc(Oc4ccc(OC(=O)N(C)CC(F)(F)F)cc4F)c3s2)nc1)C(=O)OC(C)(C)C. The first-order chi connectivity index (χ1) is 21.6. The number of thiophene rings is 1. The largest absolute Gasteiger partial charge is 0.453 e. The Morgan fingerprint density at radius 3 is 2.37 bits per heavy atom. The van der Waals surface area contributed by atoms with Crippen molar-refractivity contribution in [2.75, 3.05) is 33.9 Å². The lowest BCUT2D eigenvalue weighted by molar-refractivity contribution is -0.139. The van der Waals surface area contributed by atoms with E-state index in [1.807, 2.05) is 18.2 Å². The normalized spacial score (nSPS) is 11.8. The van der Waals surface area contributed by atoms with Gasteiger partial charge in [-0.2, -0.15) is 13.2 Å². The molecule has 0 atom stereocenters. The van der Waals surface area contributed by atoms with Gasteiger partial charge in [0.2, 0.25) is 0 Å². The molecule has 0 aliphatic heterocycles. The zero-order chi connectivity index (χ0) is 33.6. The van der Waals surface area contributed by atoms with E-state index in [1.54, 1.807) is 45.0 Å². The Bertz CT molecular complexity index is 1670. The van der Waals surface area contributed by atoms with Gasteiger partial charge < -0.3 is 28.7 Å². The van der Waals surface area contributed by atoms with E-state index in [0.717, 1.165) is 23.6 Å². The van der Waals surface area contributed by atoms with Gasteiger partial charge in [0.05, 0.1) is 33.9 Å². The predicted octanol–water partition coefficient (Wildman–Crippen LogP) is 7.67.